The number of amides is 2. The standard InChI is InChI=1S/C22H26N2O2/c1-16(2)21(17-8-4-3-5-9-17)23-22(26)18-11-13-19(14-12-18)24-15-7-6-10-20(24)25/h3-5,8-9,11-14,16,21H,6-7,10,15H2,1-2H3,(H,23,26)/t21-/m0/s1. The van der Waals surface area contributed by atoms with Crippen molar-refractivity contribution < 1.29 is 9.59 Å². The van der Waals surface area contributed by atoms with E-state index < -0.39 is 0 Å². The fourth-order valence-corrected chi connectivity index (χ4v) is 3.39. The zero-order valence-electron chi connectivity index (χ0n) is 15.4. The molecule has 3 rings (SSSR count). The summed E-state index contributed by atoms with van der Waals surface area (Å²) in [7, 11) is 0. The molecule has 0 spiro atoms. The number of rotatable bonds is 5. The van der Waals surface area contributed by atoms with Gasteiger partial charge in [-0.3, -0.25) is 9.59 Å². The second-order valence-electron chi connectivity index (χ2n) is 7.16. The van der Waals surface area contributed by atoms with Crippen LogP contribution in [0.5, 0.6) is 0 Å². The van der Waals surface area contributed by atoms with Crippen molar-refractivity contribution in [1.29, 1.82) is 0 Å². The largest absolute Gasteiger partial charge is 0.345 e. The molecule has 2 aromatic rings. The molecular weight excluding hydrogens is 324 g/mol. The van der Waals surface area contributed by atoms with Crippen LogP contribution in [0.15, 0.2) is 54.6 Å². The van der Waals surface area contributed by atoms with Crippen molar-refractivity contribution in [3.8, 4) is 0 Å². The van der Waals surface area contributed by atoms with E-state index in [1.54, 1.807) is 12.1 Å². The van der Waals surface area contributed by atoms with Gasteiger partial charge in [0.2, 0.25) is 5.91 Å². The summed E-state index contributed by atoms with van der Waals surface area (Å²) >= 11 is 0. The average molecular weight is 350 g/mol. The van der Waals surface area contributed by atoms with Crippen LogP contribution in [0, 0.1) is 5.92 Å². The molecule has 4 heteroatoms. The lowest BCUT2D eigenvalue weighted by molar-refractivity contribution is -0.119. The van der Waals surface area contributed by atoms with E-state index in [1.807, 2.05) is 47.4 Å². The van der Waals surface area contributed by atoms with Crippen LogP contribution in [0.4, 0.5) is 5.69 Å². The van der Waals surface area contributed by atoms with E-state index in [1.165, 1.54) is 0 Å². The van der Waals surface area contributed by atoms with Crippen LogP contribution in [-0.4, -0.2) is 18.4 Å². The summed E-state index contributed by atoms with van der Waals surface area (Å²) in [5.41, 5.74) is 2.58. The summed E-state index contributed by atoms with van der Waals surface area (Å²) in [5, 5.41) is 3.14. The van der Waals surface area contributed by atoms with Gasteiger partial charge in [-0.05, 0) is 48.6 Å². The first-order valence-corrected chi connectivity index (χ1v) is 9.32. The normalized spacial score (nSPS) is 15.8. The van der Waals surface area contributed by atoms with E-state index in [0.29, 0.717) is 12.0 Å². The summed E-state index contributed by atoms with van der Waals surface area (Å²) in [4.78, 5) is 26.5. The monoisotopic (exact) mass is 350 g/mol. The Kier molecular flexibility index (Phi) is 5.71. The Morgan fingerprint density at radius 3 is 2.31 bits per heavy atom. The molecule has 0 unspecified atom stereocenters. The highest BCUT2D eigenvalue weighted by atomic mass is 16.2. The van der Waals surface area contributed by atoms with Crippen LogP contribution >= 0.6 is 0 Å². The molecule has 0 saturated carbocycles. The molecule has 1 N–H and O–H groups in total. The molecule has 26 heavy (non-hydrogen) atoms. The first-order valence-electron chi connectivity index (χ1n) is 9.32. The van der Waals surface area contributed by atoms with Gasteiger partial charge < -0.3 is 10.2 Å². The smallest absolute Gasteiger partial charge is 0.251 e. The van der Waals surface area contributed by atoms with Crippen LogP contribution in [0.2, 0.25) is 0 Å². The van der Waals surface area contributed by atoms with Crippen LogP contribution in [0.3, 0.4) is 0 Å². The Morgan fingerprint density at radius 2 is 1.69 bits per heavy atom. The number of benzene rings is 2. The molecule has 136 valence electrons. The molecule has 0 aliphatic carbocycles. The van der Waals surface area contributed by atoms with Crippen LogP contribution < -0.4 is 10.2 Å². The zero-order chi connectivity index (χ0) is 18.5. The Bertz CT molecular complexity index is 753. The maximum atomic E-state index is 12.7. The number of carbonyl (C=O) groups excluding carboxylic acids is 2. The third-order valence-electron chi connectivity index (χ3n) is 4.88. The molecule has 2 aromatic carbocycles. The summed E-state index contributed by atoms with van der Waals surface area (Å²) in [5.74, 6) is 0.355. The molecule has 4 nitrogen and oxygen atoms in total. The minimum atomic E-state index is -0.0935. The number of anilines is 1. The quantitative estimate of drug-likeness (QED) is 0.872. The average Bonchev–Trinajstić information content (AvgIpc) is 2.67. The minimum Gasteiger partial charge on any atom is -0.345 e. The lowest BCUT2D eigenvalue weighted by atomic mass is 9.95. The molecule has 1 atom stereocenters. The molecule has 0 aromatic heterocycles. The Morgan fingerprint density at radius 1 is 1.00 bits per heavy atom. The van der Waals surface area contributed by atoms with Crippen molar-refractivity contribution >= 4 is 17.5 Å². The van der Waals surface area contributed by atoms with Gasteiger partial charge >= 0.3 is 0 Å². The van der Waals surface area contributed by atoms with E-state index in [0.717, 1.165) is 30.6 Å². The summed E-state index contributed by atoms with van der Waals surface area (Å²) in [6, 6.07) is 17.3. The topological polar surface area (TPSA) is 49.4 Å². The van der Waals surface area contributed by atoms with Gasteiger partial charge in [-0.2, -0.15) is 0 Å². The number of hydrogen-bond donors (Lipinski definition) is 1. The maximum Gasteiger partial charge on any atom is 0.251 e. The Balaban J connectivity index is 1.72. The second kappa shape index (κ2) is 8.17. The summed E-state index contributed by atoms with van der Waals surface area (Å²) in [6.45, 7) is 4.96. The van der Waals surface area contributed by atoms with Crippen LogP contribution in [0.1, 0.15) is 55.1 Å². The Labute approximate surface area is 155 Å². The molecule has 0 bridgehead atoms. The molecule has 1 fully saturated rings. The highest BCUT2D eigenvalue weighted by Crippen LogP contribution is 2.24. The van der Waals surface area contributed by atoms with Crippen molar-refractivity contribution in [1.82, 2.24) is 5.32 Å². The lowest BCUT2D eigenvalue weighted by Gasteiger charge is -2.27. The van der Waals surface area contributed by atoms with Gasteiger partial charge in [0.15, 0.2) is 0 Å². The predicted molar refractivity (Wildman–Crippen MR) is 104 cm³/mol. The summed E-state index contributed by atoms with van der Waals surface area (Å²) < 4.78 is 0. The molecule has 1 heterocycles. The van der Waals surface area contributed by atoms with Crippen molar-refractivity contribution in [2.75, 3.05) is 11.4 Å². The van der Waals surface area contributed by atoms with Gasteiger partial charge in [0.25, 0.3) is 5.91 Å². The first kappa shape index (κ1) is 18.2. The van der Waals surface area contributed by atoms with Gasteiger partial charge in [-0.15, -0.1) is 0 Å². The number of nitrogens with one attached hydrogen (secondary N) is 1. The van der Waals surface area contributed by atoms with Crippen LogP contribution in [-0.2, 0) is 4.79 Å². The van der Waals surface area contributed by atoms with E-state index in [-0.39, 0.29) is 23.8 Å². The highest BCUT2D eigenvalue weighted by molar-refractivity contribution is 5.97. The lowest BCUT2D eigenvalue weighted by Crippen LogP contribution is -2.35. The van der Waals surface area contributed by atoms with E-state index in [2.05, 4.69) is 19.2 Å². The number of carbonyl (C=O) groups is 2. The van der Waals surface area contributed by atoms with Crippen molar-refractivity contribution in [3.63, 3.8) is 0 Å². The number of hydrogen-bond acceptors (Lipinski definition) is 2. The first-order chi connectivity index (χ1) is 12.6. The van der Waals surface area contributed by atoms with Gasteiger partial charge in [-0.1, -0.05) is 44.2 Å². The molecule has 0 radical (unpaired) electrons. The molecular formula is C22H26N2O2. The van der Waals surface area contributed by atoms with Gasteiger partial charge in [0.1, 0.15) is 0 Å². The van der Waals surface area contributed by atoms with Gasteiger partial charge in [0.05, 0.1) is 6.04 Å². The number of piperidine rings is 1. The zero-order valence-corrected chi connectivity index (χ0v) is 15.4. The fourth-order valence-electron chi connectivity index (χ4n) is 3.39. The number of nitrogens with zero attached hydrogens (tertiary/aromatic N) is 1. The fraction of sp³-hybridized carbons (Fsp3) is 0.364. The Hall–Kier alpha value is -2.62. The second-order valence-corrected chi connectivity index (χ2v) is 7.16. The van der Waals surface area contributed by atoms with Crippen LogP contribution in [0.25, 0.3) is 0 Å². The highest BCUT2D eigenvalue weighted by Gasteiger charge is 2.21. The van der Waals surface area contributed by atoms with E-state index >= 15 is 0 Å². The molecule has 1 aliphatic heterocycles. The summed E-state index contributed by atoms with van der Waals surface area (Å²) in [6.07, 6.45) is 2.60. The SMILES string of the molecule is CC(C)[C@H](NC(=O)c1ccc(N2CCCCC2=O)cc1)c1ccccc1. The van der Waals surface area contributed by atoms with Crippen molar-refractivity contribution in [2.24, 2.45) is 5.92 Å². The van der Waals surface area contributed by atoms with E-state index in [4.69, 9.17) is 0 Å². The van der Waals surface area contributed by atoms with E-state index in [9.17, 15) is 9.59 Å². The maximum absolute atomic E-state index is 12.7. The molecule has 2 amide bonds. The molecule has 1 aliphatic rings. The third kappa shape index (κ3) is 4.13. The van der Waals surface area contributed by atoms with Gasteiger partial charge in [-0.25, -0.2) is 0 Å². The van der Waals surface area contributed by atoms with Crippen molar-refractivity contribution in [2.45, 2.75) is 39.2 Å². The van der Waals surface area contributed by atoms with Gasteiger partial charge in [0, 0.05) is 24.2 Å². The third-order valence-corrected chi connectivity index (χ3v) is 4.88. The minimum absolute atomic E-state index is 0.0351. The molecule has 1 saturated heterocycles. The van der Waals surface area contributed by atoms with Crippen molar-refractivity contribution in [3.05, 3.63) is 65.7 Å². The predicted octanol–water partition coefficient (Wildman–Crippen LogP) is 4.33.